The zero-order valence-corrected chi connectivity index (χ0v) is 13.3. The molecule has 6 nitrogen and oxygen atoms in total. The first-order valence-corrected chi connectivity index (χ1v) is 7.79. The summed E-state index contributed by atoms with van der Waals surface area (Å²) in [6, 6.07) is 10.0. The molecule has 0 bridgehead atoms. The maximum atomic E-state index is 12.0. The van der Waals surface area contributed by atoms with Gasteiger partial charge in [-0.05, 0) is 25.8 Å². The third-order valence-corrected chi connectivity index (χ3v) is 4.12. The van der Waals surface area contributed by atoms with Gasteiger partial charge in [0, 0.05) is 19.1 Å². The average molecular weight is 315 g/mol. The highest BCUT2D eigenvalue weighted by Gasteiger charge is 2.29. The number of amides is 2. The number of oxazole rings is 1. The Morgan fingerprint density at radius 2 is 2.09 bits per heavy atom. The first-order valence-electron chi connectivity index (χ1n) is 7.79. The van der Waals surface area contributed by atoms with Gasteiger partial charge in [0.25, 0.3) is 0 Å². The van der Waals surface area contributed by atoms with Crippen molar-refractivity contribution >= 4 is 12.0 Å². The summed E-state index contributed by atoms with van der Waals surface area (Å²) < 4.78 is 11.2. The molecule has 2 atom stereocenters. The van der Waals surface area contributed by atoms with E-state index in [0.29, 0.717) is 18.9 Å². The predicted octanol–water partition coefficient (Wildman–Crippen LogP) is 3.19. The smallest absolute Gasteiger partial charge is 0.322 e. The summed E-state index contributed by atoms with van der Waals surface area (Å²) in [4.78, 5) is 16.1. The second kappa shape index (κ2) is 6.83. The third kappa shape index (κ3) is 3.71. The number of benzene rings is 1. The van der Waals surface area contributed by atoms with Crippen molar-refractivity contribution in [2.45, 2.75) is 26.4 Å². The van der Waals surface area contributed by atoms with Crippen molar-refractivity contribution < 1.29 is 13.9 Å². The molecule has 0 unspecified atom stereocenters. The second-order valence-electron chi connectivity index (χ2n) is 5.75. The van der Waals surface area contributed by atoms with E-state index in [0.717, 1.165) is 17.7 Å². The normalized spacial score (nSPS) is 20.4. The van der Waals surface area contributed by atoms with Gasteiger partial charge in [-0.3, -0.25) is 5.32 Å². The Bertz CT molecular complexity index is 649. The van der Waals surface area contributed by atoms with Gasteiger partial charge < -0.3 is 14.5 Å². The van der Waals surface area contributed by atoms with Gasteiger partial charge in [0.05, 0.1) is 11.8 Å². The molecule has 0 saturated carbocycles. The molecule has 0 radical (unpaired) electrons. The maximum Gasteiger partial charge on any atom is 0.322 e. The standard InChI is InChI=1S/C17H21N3O3/c1-11-12(2)23-17(19-11)20-16(21)18-10-14-8-9-22-15(14)13-6-4-3-5-7-13/h3-7,14-15H,8-10H2,1-2H3,(H2,18,19,20,21)/t14-,15-/m0/s1. The highest BCUT2D eigenvalue weighted by atomic mass is 16.5. The summed E-state index contributed by atoms with van der Waals surface area (Å²) in [6.45, 7) is 4.91. The molecule has 6 heteroatoms. The number of nitrogens with zero attached hydrogens (tertiary/aromatic N) is 1. The van der Waals surface area contributed by atoms with Crippen LogP contribution in [-0.2, 0) is 4.74 Å². The highest BCUT2D eigenvalue weighted by Crippen LogP contribution is 2.33. The van der Waals surface area contributed by atoms with Gasteiger partial charge in [-0.25, -0.2) is 4.79 Å². The summed E-state index contributed by atoms with van der Waals surface area (Å²) in [7, 11) is 0. The van der Waals surface area contributed by atoms with Gasteiger partial charge in [-0.15, -0.1) is 0 Å². The number of carbonyl (C=O) groups is 1. The molecule has 2 heterocycles. The van der Waals surface area contributed by atoms with E-state index in [9.17, 15) is 4.79 Å². The molecule has 2 N–H and O–H groups in total. The Balaban J connectivity index is 1.54. The predicted molar refractivity (Wildman–Crippen MR) is 86.2 cm³/mol. The minimum Gasteiger partial charge on any atom is -0.428 e. The summed E-state index contributed by atoms with van der Waals surface area (Å²) >= 11 is 0. The zero-order valence-electron chi connectivity index (χ0n) is 13.3. The van der Waals surface area contributed by atoms with Crippen LogP contribution in [0.5, 0.6) is 0 Å². The average Bonchev–Trinajstić information content (AvgIpc) is 3.13. The van der Waals surface area contributed by atoms with Crippen LogP contribution in [0.3, 0.4) is 0 Å². The molecule has 0 spiro atoms. The molecule has 1 saturated heterocycles. The Hall–Kier alpha value is -2.34. The molecule has 1 aromatic carbocycles. The Morgan fingerprint density at radius 1 is 1.30 bits per heavy atom. The summed E-state index contributed by atoms with van der Waals surface area (Å²) in [6.07, 6.45) is 0.958. The highest BCUT2D eigenvalue weighted by molar-refractivity contribution is 5.86. The van der Waals surface area contributed by atoms with Gasteiger partial charge in [0.1, 0.15) is 5.76 Å². The summed E-state index contributed by atoms with van der Waals surface area (Å²) in [5, 5.41) is 5.48. The molecule has 3 rings (SSSR count). The molecular formula is C17H21N3O3. The molecule has 1 fully saturated rings. The number of ether oxygens (including phenoxy) is 1. The van der Waals surface area contributed by atoms with Crippen molar-refractivity contribution in [3.05, 3.63) is 47.3 Å². The van der Waals surface area contributed by atoms with Crippen molar-refractivity contribution in [2.24, 2.45) is 5.92 Å². The van der Waals surface area contributed by atoms with Crippen molar-refractivity contribution in [1.29, 1.82) is 0 Å². The quantitative estimate of drug-likeness (QED) is 0.908. The largest absolute Gasteiger partial charge is 0.428 e. The molecule has 1 aliphatic rings. The lowest BCUT2D eigenvalue weighted by atomic mass is 9.95. The van der Waals surface area contributed by atoms with Crippen LogP contribution >= 0.6 is 0 Å². The van der Waals surface area contributed by atoms with Crippen molar-refractivity contribution in [3.8, 4) is 0 Å². The number of nitrogens with one attached hydrogen (secondary N) is 2. The fraction of sp³-hybridized carbons (Fsp3) is 0.412. The lowest BCUT2D eigenvalue weighted by Gasteiger charge is -2.19. The van der Waals surface area contributed by atoms with E-state index in [-0.39, 0.29) is 24.1 Å². The number of hydrogen-bond donors (Lipinski definition) is 2. The van der Waals surface area contributed by atoms with Gasteiger partial charge in [-0.1, -0.05) is 30.3 Å². The third-order valence-electron chi connectivity index (χ3n) is 4.12. The van der Waals surface area contributed by atoms with E-state index in [1.54, 1.807) is 0 Å². The van der Waals surface area contributed by atoms with E-state index in [4.69, 9.17) is 9.15 Å². The summed E-state index contributed by atoms with van der Waals surface area (Å²) in [5.74, 6) is 0.963. The first kappa shape index (κ1) is 15.6. The van der Waals surface area contributed by atoms with E-state index < -0.39 is 0 Å². The number of carbonyl (C=O) groups excluding carboxylic acids is 1. The van der Waals surface area contributed by atoms with E-state index in [1.807, 2.05) is 32.0 Å². The van der Waals surface area contributed by atoms with Crippen LogP contribution in [0.1, 0.15) is 29.5 Å². The number of rotatable bonds is 4. The number of urea groups is 1. The first-order chi connectivity index (χ1) is 11.1. The molecule has 0 aliphatic carbocycles. The van der Waals surface area contributed by atoms with E-state index in [1.165, 1.54) is 0 Å². The van der Waals surface area contributed by atoms with E-state index >= 15 is 0 Å². The van der Waals surface area contributed by atoms with Crippen molar-refractivity contribution in [2.75, 3.05) is 18.5 Å². The number of hydrogen-bond acceptors (Lipinski definition) is 4. The van der Waals surface area contributed by atoms with Crippen molar-refractivity contribution in [1.82, 2.24) is 10.3 Å². The maximum absolute atomic E-state index is 12.0. The Labute approximate surface area is 135 Å². The van der Waals surface area contributed by atoms with E-state index in [2.05, 4.69) is 27.8 Å². The molecule has 23 heavy (non-hydrogen) atoms. The van der Waals surface area contributed by atoms with Gasteiger partial charge in [0.2, 0.25) is 0 Å². The lowest BCUT2D eigenvalue weighted by Crippen LogP contribution is -2.34. The zero-order chi connectivity index (χ0) is 16.2. The molecular weight excluding hydrogens is 294 g/mol. The van der Waals surface area contributed by atoms with Crippen LogP contribution in [0.2, 0.25) is 0 Å². The number of aryl methyl sites for hydroxylation is 2. The van der Waals surface area contributed by atoms with Crippen LogP contribution in [-0.4, -0.2) is 24.2 Å². The molecule has 1 aromatic heterocycles. The number of anilines is 1. The lowest BCUT2D eigenvalue weighted by molar-refractivity contribution is 0.0911. The van der Waals surface area contributed by atoms with Crippen LogP contribution in [0.4, 0.5) is 10.8 Å². The summed E-state index contributed by atoms with van der Waals surface area (Å²) in [5.41, 5.74) is 1.92. The Morgan fingerprint density at radius 3 is 2.78 bits per heavy atom. The molecule has 2 aromatic rings. The van der Waals surface area contributed by atoms with Gasteiger partial charge >= 0.3 is 12.0 Å². The van der Waals surface area contributed by atoms with Gasteiger partial charge in [0.15, 0.2) is 0 Å². The molecule has 2 amide bonds. The number of aromatic nitrogens is 1. The Kier molecular flexibility index (Phi) is 4.62. The molecule has 122 valence electrons. The van der Waals surface area contributed by atoms with Crippen molar-refractivity contribution in [3.63, 3.8) is 0 Å². The molecule has 1 aliphatic heterocycles. The SMILES string of the molecule is Cc1nc(NC(=O)NC[C@@H]2CCO[C@H]2c2ccccc2)oc1C. The van der Waals surface area contributed by atoms with Crippen LogP contribution < -0.4 is 10.6 Å². The monoisotopic (exact) mass is 315 g/mol. The fourth-order valence-corrected chi connectivity index (χ4v) is 2.75. The fourth-order valence-electron chi connectivity index (χ4n) is 2.75. The topological polar surface area (TPSA) is 76.4 Å². The van der Waals surface area contributed by atoms with Crippen LogP contribution in [0, 0.1) is 19.8 Å². The van der Waals surface area contributed by atoms with Crippen LogP contribution in [0.25, 0.3) is 0 Å². The minimum atomic E-state index is -0.315. The minimum absolute atomic E-state index is 0.0303. The van der Waals surface area contributed by atoms with Crippen LogP contribution in [0.15, 0.2) is 34.7 Å². The second-order valence-corrected chi connectivity index (χ2v) is 5.75. The van der Waals surface area contributed by atoms with Gasteiger partial charge in [-0.2, -0.15) is 4.98 Å².